The molecular weight excluding hydrogens is 242 g/mol. The molecule has 3 rings (SSSR count). The van der Waals surface area contributed by atoms with E-state index in [0.29, 0.717) is 12.2 Å². The first-order chi connectivity index (χ1) is 9.30. The largest absolute Gasteiger partial charge is 0.497 e. The van der Waals surface area contributed by atoms with Crippen LogP contribution in [0.4, 0.5) is 0 Å². The van der Waals surface area contributed by atoms with Gasteiger partial charge in [0.05, 0.1) is 19.0 Å². The molecule has 0 aromatic carbocycles. The standard InChI is InChI=1S/C15H25NO3/c1-2-13-9-16(10-14-5-3-4-7-18-14)11-15(19-13)6-8-17-12-15/h4,7,13-14H,2-3,5-6,8-12H2,1H3/t13-,14-,15+/m1/s1. The lowest BCUT2D eigenvalue weighted by Crippen LogP contribution is -2.57. The van der Waals surface area contributed by atoms with Crippen molar-refractivity contribution in [3.05, 3.63) is 12.3 Å². The van der Waals surface area contributed by atoms with Gasteiger partial charge in [0.1, 0.15) is 11.7 Å². The maximum atomic E-state index is 6.28. The number of hydrogen-bond donors (Lipinski definition) is 0. The normalized spacial score (nSPS) is 39.6. The Balaban J connectivity index is 1.61. The van der Waals surface area contributed by atoms with E-state index in [1.165, 1.54) is 0 Å². The quantitative estimate of drug-likeness (QED) is 0.782. The number of hydrogen-bond acceptors (Lipinski definition) is 4. The van der Waals surface area contributed by atoms with E-state index in [4.69, 9.17) is 14.2 Å². The van der Waals surface area contributed by atoms with Crippen LogP contribution in [0.3, 0.4) is 0 Å². The zero-order chi connectivity index (χ0) is 13.1. The molecule has 3 atom stereocenters. The van der Waals surface area contributed by atoms with Crippen molar-refractivity contribution in [3.8, 4) is 0 Å². The van der Waals surface area contributed by atoms with Crippen LogP contribution >= 0.6 is 0 Å². The summed E-state index contributed by atoms with van der Waals surface area (Å²) in [4.78, 5) is 2.52. The summed E-state index contributed by atoms with van der Waals surface area (Å²) in [6.07, 6.45) is 9.04. The summed E-state index contributed by atoms with van der Waals surface area (Å²) in [7, 11) is 0. The predicted octanol–water partition coefficient (Wildman–Crippen LogP) is 1.95. The molecule has 0 aromatic rings. The molecule has 3 aliphatic heterocycles. The third kappa shape index (κ3) is 3.12. The van der Waals surface area contributed by atoms with Gasteiger partial charge in [0.2, 0.25) is 0 Å². The van der Waals surface area contributed by atoms with Crippen molar-refractivity contribution in [2.45, 2.75) is 50.4 Å². The van der Waals surface area contributed by atoms with Crippen LogP contribution in [0.5, 0.6) is 0 Å². The average Bonchev–Trinajstić information content (AvgIpc) is 2.87. The first-order valence-corrected chi connectivity index (χ1v) is 7.58. The summed E-state index contributed by atoms with van der Waals surface area (Å²) >= 11 is 0. The summed E-state index contributed by atoms with van der Waals surface area (Å²) in [6.45, 7) is 6.84. The van der Waals surface area contributed by atoms with Crippen LogP contribution in [0.25, 0.3) is 0 Å². The first kappa shape index (κ1) is 13.4. The maximum Gasteiger partial charge on any atom is 0.111 e. The minimum atomic E-state index is -0.0522. The molecule has 3 aliphatic rings. The van der Waals surface area contributed by atoms with Crippen molar-refractivity contribution in [2.24, 2.45) is 0 Å². The molecule has 0 aromatic heterocycles. The summed E-state index contributed by atoms with van der Waals surface area (Å²) in [5.41, 5.74) is -0.0522. The summed E-state index contributed by atoms with van der Waals surface area (Å²) in [6, 6.07) is 0. The van der Waals surface area contributed by atoms with Gasteiger partial charge in [0, 0.05) is 32.7 Å². The Labute approximate surface area is 115 Å². The van der Waals surface area contributed by atoms with Crippen molar-refractivity contribution >= 4 is 0 Å². The average molecular weight is 267 g/mol. The van der Waals surface area contributed by atoms with Crippen molar-refractivity contribution < 1.29 is 14.2 Å². The second-order valence-corrected chi connectivity index (χ2v) is 6.04. The molecule has 0 radical (unpaired) electrons. The number of ether oxygens (including phenoxy) is 3. The fourth-order valence-corrected chi connectivity index (χ4v) is 3.35. The van der Waals surface area contributed by atoms with Gasteiger partial charge in [-0.15, -0.1) is 0 Å². The van der Waals surface area contributed by atoms with E-state index in [0.717, 1.165) is 58.5 Å². The first-order valence-electron chi connectivity index (χ1n) is 7.58. The number of allylic oxidation sites excluding steroid dienone is 1. The van der Waals surface area contributed by atoms with Crippen LogP contribution in [0.2, 0.25) is 0 Å². The molecule has 2 fully saturated rings. The minimum absolute atomic E-state index is 0.0522. The van der Waals surface area contributed by atoms with Gasteiger partial charge in [0.25, 0.3) is 0 Å². The van der Waals surface area contributed by atoms with Gasteiger partial charge in [-0.3, -0.25) is 4.90 Å². The molecule has 0 unspecified atom stereocenters. The predicted molar refractivity (Wildman–Crippen MR) is 73.0 cm³/mol. The van der Waals surface area contributed by atoms with Gasteiger partial charge in [-0.25, -0.2) is 0 Å². The van der Waals surface area contributed by atoms with E-state index in [2.05, 4.69) is 17.9 Å². The Kier molecular flexibility index (Phi) is 4.10. The SMILES string of the molecule is CC[C@@H]1CN(C[C@H]2CCC=CO2)C[C@]2(CCOC2)O1. The Hall–Kier alpha value is -0.580. The Morgan fingerprint density at radius 1 is 1.37 bits per heavy atom. The van der Waals surface area contributed by atoms with Gasteiger partial charge >= 0.3 is 0 Å². The highest BCUT2D eigenvalue weighted by Crippen LogP contribution is 2.31. The fraction of sp³-hybridized carbons (Fsp3) is 0.867. The Morgan fingerprint density at radius 2 is 2.32 bits per heavy atom. The molecule has 0 saturated carbocycles. The minimum Gasteiger partial charge on any atom is -0.497 e. The molecule has 1 spiro atoms. The summed E-state index contributed by atoms with van der Waals surface area (Å²) in [5.74, 6) is 0. The molecule has 0 bridgehead atoms. The molecule has 0 amide bonds. The van der Waals surface area contributed by atoms with Gasteiger partial charge in [-0.05, 0) is 25.3 Å². The van der Waals surface area contributed by atoms with Crippen LogP contribution in [-0.2, 0) is 14.2 Å². The zero-order valence-corrected chi connectivity index (χ0v) is 11.8. The van der Waals surface area contributed by atoms with E-state index < -0.39 is 0 Å². The van der Waals surface area contributed by atoms with Crippen LogP contribution in [0, 0.1) is 0 Å². The Bertz CT molecular complexity index is 325. The number of morpholine rings is 1. The molecule has 0 N–H and O–H groups in total. The van der Waals surface area contributed by atoms with Crippen LogP contribution in [0.15, 0.2) is 12.3 Å². The highest BCUT2D eigenvalue weighted by molar-refractivity contribution is 4.95. The van der Waals surface area contributed by atoms with Crippen molar-refractivity contribution in [2.75, 3.05) is 32.8 Å². The zero-order valence-electron chi connectivity index (χ0n) is 11.8. The highest BCUT2D eigenvalue weighted by atomic mass is 16.6. The molecule has 0 aliphatic carbocycles. The van der Waals surface area contributed by atoms with Gasteiger partial charge in [0.15, 0.2) is 0 Å². The lowest BCUT2D eigenvalue weighted by molar-refractivity contribution is -0.159. The number of rotatable bonds is 3. The fourth-order valence-electron chi connectivity index (χ4n) is 3.35. The van der Waals surface area contributed by atoms with E-state index in [1.54, 1.807) is 0 Å². The van der Waals surface area contributed by atoms with Crippen molar-refractivity contribution in [3.63, 3.8) is 0 Å². The third-order valence-electron chi connectivity index (χ3n) is 4.40. The molecule has 4 nitrogen and oxygen atoms in total. The summed E-state index contributed by atoms with van der Waals surface area (Å²) in [5, 5.41) is 0. The monoisotopic (exact) mass is 267 g/mol. The van der Waals surface area contributed by atoms with E-state index in [-0.39, 0.29) is 5.60 Å². The summed E-state index contributed by atoms with van der Waals surface area (Å²) < 4.78 is 17.6. The van der Waals surface area contributed by atoms with Crippen molar-refractivity contribution in [1.82, 2.24) is 4.90 Å². The van der Waals surface area contributed by atoms with Gasteiger partial charge in [-0.2, -0.15) is 0 Å². The third-order valence-corrected chi connectivity index (χ3v) is 4.40. The Morgan fingerprint density at radius 3 is 3.00 bits per heavy atom. The lowest BCUT2D eigenvalue weighted by atomic mass is 9.98. The highest BCUT2D eigenvalue weighted by Gasteiger charge is 2.43. The van der Waals surface area contributed by atoms with Crippen molar-refractivity contribution in [1.29, 1.82) is 0 Å². The topological polar surface area (TPSA) is 30.9 Å². The number of nitrogens with zero attached hydrogens (tertiary/aromatic N) is 1. The second-order valence-electron chi connectivity index (χ2n) is 6.04. The lowest BCUT2D eigenvalue weighted by Gasteiger charge is -2.44. The van der Waals surface area contributed by atoms with E-state index in [9.17, 15) is 0 Å². The van der Waals surface area contributed by atoms with Crippen LogP contribution in [0.1, 0.15) is 32.6 Å². The smallest absolute Gasteiger partial charge is 0.111 e. The van der Waals surface area contributed by atoms with E-state index >= 15 is 0 Å². The van der Waals surface area contributed by atoms with Crippen LogP contribution < -0.4 is 0 Å². The molecule has 3 heterocycles. The van der Waals surface area contributed by atoms with Gasteiger partial charge in [-0.1, -0.05) is 6.92 Å². The van der Waals surface area contributed by atoms with Crippen LogP contribution in [-0.4, -0.2) is 55.6 Å². The molecular formula is C15H25NO3. The molecule has 19 heavy (non-hydrogen) atoms. The van der Waals surface area contributed by atoms with E-state index in [1.807, 2.05) is 6.26 Å². The maximum absolute atomic E-state index is 6.28. The molecule has 2 saturated heterocycles. The van der Waals surface area contributed by atoms with Gasteiger partial charge < -0.3 is 14.2 Å². The molecule has 108 valence electrons. The molecule has 4 heteroatoms. The second kappa shape index (κ2) is 5.81.